The van der Waals surface area contributed by atoms with Crippen molar-refractivity contribution >= 4 is 5.88 Å². The number of aryl methyl sites for hydroxylation is 1. The van der Waals surface area contributed by atoms with Crippen molar-refractivity contribution in [3.8, 4) is 16.9 Å². The number of benzene rings is 1. The highest BCUT2D eigenvalue weighted by Gasteiger charge is 2.12. The summed E-state index contributed by atoms with van der Waals surface area (Å²) in [5.41, 5.74) is 8.45. The number of nitrogens with two attached hydrogens (primary N) is 1. The Morgan fingerprint density at radius 2 is 2.13 bits per heavy atom. The summed E-state index contributed by atoms with van der Waals surface area (Å²) in [6, 6.07) is 5.87. The molecule has 0 bridgehead atoms. The second kappa shape index (κ2) is 3.65. The van der Waals surface area contributed by atoms with Crippen LogP contribution in [0.5, 0.6) is 5.75 Å². The minimum absolute atomic E-state index is 0.305. The quantitative estimate of drug-likeness (QED) is 0.814. The van der Waals surface area contributed by atoms with Crippen LogP contribution in [0.25, 0.3) is 11.1 Å². The summed E-state index contributed by atoms with van der Waals surface area (Å²) in [5, 5.41) is 3.65. The molecular weight excluding hydrogens is 192 g/mol. The summed E-state index contributed by atoms with van der Waals surface area (Å²) < 4.78 is 10.1. The van der Waals surface area contributed by atoms with Gasteiger partial charge in [-0.1, -0.05) is 16.8 Å². The highest BCUT2D eigenvalue weighted by molar-refractivity contribution is 5.77. The molecule has 0 saturated heterocycles. The molecule has 78 valence electrons. The first-order valence-corrected chi connectivity index (χ1v) is 4.57. The van der Waals surface area contributed by atoms with Gasteiger partial charge in [0, 0.05) is 5.56 Å². The first-order chi connectivity index (χ1) is 7.22. The third kappa shape index (κ3) is 1.66. The van der Waals surface area contributed by atoms with Crippen molar-refractivity contribution in [3.05, 3.63) is 30.0 Å². The Hall–Kier alpha value is -1.97. The predicted octanol–water partition coefficient (Wildman–Crippen LogP) is 2.24. The van der Waals surface area contributed by atoms with E-state index in [1.807, 2.05) is 25.1 Å². The van der Waals surface area contributed by atoms with E-state index in [9.17, 15) is 0 Å². The molecule has 0 unspecified atom stereocenters. The molecule has 15 heavy (non-hydrogen) atoms. The van der Waals surface area contributed by atoms with Crippen molar-refractivity contribution in [2.75, 3.05) is 12.8 Å². The van der Waals surface area contributed by atoms with Crippen LogP contribution in [0.15, 0.2) is 28.9 Å². The number of nitrogens with zero attached hydrogens (tertiary/aromatic N) is 1. The van der Waals surface area contributed by atoms with Gasteiger partial charge in [-0.2, -0.15) is 0 Å². The van der Waals surface area contributed by atoms with Gasteiger partial charge in [0.1, 0.15) is 5.75 Å². The molecule has 0 saturated carbocycles. The van der Waals surface area contributed by atoms with Crippen LogP contribution in [0.3, 0.4) is 0 Å². The molecule has 1 heterocycles. The average molecular weight is 204 g/mol. The van der Waals surface area contributed by atoms with Crippen LogP contribution in [-0.4, -0.2) is 12.3 Å². The molecule has 1 aromatic heterocycles. The van der Waals surface area contributed by atoms with E-state index >= 15 is 0 Å². The van der Waals surface area contributed by atoms with Crippen LogP contribution in [0.1, 0.15) is 5.56 Å². The maximum Gasteiger partial charge on any atom is 0.230 e. The van der Waals surface area contributed by atoms with Crippen molar-refractivity contribution in [1.29, 1.82) is 0 Å². The molecule has 0 radical (unpaired) electrons. The molecule has 0 aliphatic carbocycles. The van der Waals surface area contributed by atoms with E-state index in [1.165, 1.54) is 0 Å². The van der Waals surface area contributed by atoms with E-state index in [0.717, 1.165) is 22.4 Å². The fourth-order valence-electron chi connectivity index (χ4n) is 1.48. The lowest BCUT2D eigenvalue weighted by atomic mass is 10.1. The van der Waals surface area contributed by atoms with Gasteiger partial charge in [-0.25, -0.2) is 0 Å². The van der Waals surface area contributed by atoms with Crippen molar-refractivity contribution in [2.24, 2.45) is 0 Å². The Kier molecular flexibility index (Phi) is 2.33. The maximum atomic E-state index is 5.66. The Balaban J connectivity index is 2.60. The van der Waals surface area contributed by atoms with Gasteiger partial charge in [-0.15, -0.1) is 0 Å². The predicted molar refractivity (Wildman–Crippen MR) is 57.6 cm³/mol. The Bertz CT molecular complexity index is 477. The van der Waals surface area contributed by atoms with Gasteiger partial charge < -0.3 is 15.0 Å². The monoisotopic (exact) mass is 204 g/mol. The number of hydrogen-bond donors (Lipinski definition) is 1. The standard InChI is InChI=1S/C11H12N2O2/c1-7-3-4-10(14-2)8(5-7)9-6-13-15-11(9)12/h3-6H,12H2,1-2H3. The molecule has 0 aliphatic rings. The molecule has 2 aromatic rings. The van der Waals surface area contributed by atoms with Crippen LogP contribution >= 0.6 is 0 Å². The number of aromatic nitrogens is 1. The first-order valence-electron chi connectivity index (χ1n) is 4.57. The molecular formula is C11H12N2O2. The van der Waals surface area contributed by atoms with Crippen LogP contribution in [0.4, 0.5) is 5.88 Å². The number of hydrogen-bond acceptors (Lipinski definition) is 4. The Labute approximate surface area is 87.6 Å². The lowest BCUT2D eigenvalue weighted by Crippen LogP contribution is -1.90. The van der Waals surface area contributed by atoms with Crippen molar-refractivity contribution in [1.82, 2.24) is 5.16 Å². The van der Waals surface area contributed by atoms with Crippen LogP contribution in [-0.2, 0) is 0 Å². The lowest BCUT2D eigenvalue weighted by Gasteiger charge is -2.07. The van der Waals surface area contributed by atoms with Gasteiger partial charge in [-0.05, 0) is 19.1 Å². The first kappa shape index (κ1) is 9.58. The Morgan fingerprint density at radius 1 is 1.33 bits per heavy atom. The zero-order chi connectivity index (χ0) is 10.8. The minimum Gasteiger partial charge on any atom is -0.496 e. The highest BCUT2D eigenvalue weighted by atomic mass is 16.5. The molecule has 4 heteroatoms. The molecule has 0 fully saturated rings. The van der Waals surface area contributed by atoms with Crippen molar-refractivity contribution in [2.45, 2.75) is 6.92 Å². The van der Waals surface area contributed by atoms with Gasteiger partial charge >= 0.3 is 0 Å². The second-order valence-electron chi connectivity index (χ2n) is 3.31. The van der Waals surface area contributed by atoms with Crippen molar-refractivity contribution in [3.63, 3.8) is 0 Å². The molecule has 2 rings (SSSR count). The number of nitrogen functional groups attached to an aromatic ring is 1. The summed E-state index contributed by atoms with van der Waals surface area (Å²) in [5.74, 6) is 1.06. The van der Waals surface area contributed by atoms with Gasteiger partial charge in [0.05, 0.1) is 18.9 Å². The van der Waals surface area contributed by atoms with E-state index < -0.39 is 0 Å². The number of rotatable bonds is 2. The second-order valence-corrected chi connectivity index (χ2v) is 3.31. The third-order valence-electron chi connectivity index (χ3n) is 2.24. The van der Waals surface area contributed by atoms with Crippen LogP contribution in [0, 0.1) is 6.92 Å². The molecule has 0 amide bonds. The zero-order valence-electron chi connectivity index (χ0n) is 8.65. The number of ether oxygens (including phenoxy) is 1. The highest BCUT2D eigenvalue weighted by Crippen LogP contribution is 2.34. The third-order valence-corrected chi connectivity index (χ3v) is 2.24. The van der Waals surface area contributed by atoms with Crippen molar-refractivity contribution < 1.29 is 9.26 Å². The van der Waals surface area contributed by atoms with Crippen LogP contribution < -0.4 is 10.5 Å². The fraction of sp³-hybridized carbons (Fsp3) is 0.182. The number of methoxy groups -OCH3 is 1. The average Bonchev–Trinajstić information content (AvgIpc) is 2.64. The SMILES string of the molecule is COc1ccc(C)cc1-c1cnoc1N. The molecule has 4 nitrogen and oxygen atoms in total. The molecule has 0 aliphatic heterocycles. The normalized spacial score (nSPS) is 10.3. The van der Waals surface area contributed by atoms with Gasteiger partial charge in [0.15, 0.2) is 0 Å². The minimum atomic E-state index is 0.305. The topological polar surface area (TPSA) is 61.3 Å². The van der Waals surface area contributed by atoms with E-state index in [4.69, 9.17) is 15.0 Å². The summed E-state index contributed by atoms with van der Waals surface area (Å²) in [6.07, 6.45) is 1.59. The largest absolute Gasteiger partial charge is 0.496 e. The fourth-order valence-corrected chi connectivity index (χ4v) is 1.48. The van der Waals surface area contributed by atoms with Gasteiger partial charge in [0.25, 0.3) is 0 Å². The van der Waals surface area contributed by atoms with E-state index in [-0.39, 0.29) is 0 Å². The molecule has 0 atom stereocenters. The van der Waals surface area contributed by atoms with Gasteiger partial charge in [0.2, 0.25) is 5.88 Å². The number of anilines is 1. The summed E-state index contributed by atoms with van der Waals surface area (Å²) in [7, 11) is 1.62. The summed E-state index contributed by atoms with van der Waals surface area (Å²) in [4.78, 5) is 0. The van der Waals surface area contributed by atoms with Crippen LogP contribution in [0.2, 0.25) is 0 Å². The molecule has 2 N–H and O–H groups in total. The molecule has 0 spiro atoms. The van der Waals surface area contributed by atoms with E-state index in [1.54, 1.807) is 13.3 Å². The van der Waals surface area contributed by atoms with E-state index in [2.05, 4.69) is 5.16 Å². The smallest absolute Gasteiger partial charge is 0.230 e. The summed E-state index contributed by atoms with van der Waals surface area (Å²) in [6.45, 7) is 2.01. The lowest BCUT2D eigenvalue weighted by molar-refractivity contribution is 0.416. The summed E-state index contributed by atoms with van der Waals surface area (Å²) >= 11 is 0. The molecule has 1 aromatic carbocycles. The maximum absolute atomic E-state index is 5.66. The van der Waals surface area contributed by atoms with E-state index in [0.29, 0.717) is 5.88 Å². The Morgan fingerprint density at radius 3 is 2.73 bits per heavy atom. The zero-order valence-corrected chi connectivity index (χ0v) is 8.65. The van der Waals surface area contributed by atoms with Gasteiger partial charge in [-0.3, -0.25) is 0 Å².